The number of ketones is 1. The van der Waals surface area contributed by atoms with Crippen LogP contribution in [0.15, 0.2) is 42.5 Å². The monoisotopic (exact) mass is 325 g/mol. The normalized spacial score (nSPS) is 18.7. The van der Waals surface area contributed by atoms with Gasteiger partial charge in [-0.15, -0.1) is 0 Å². The quantitative estimate of drug-likeness (QED) is 0.776. The van der Waals surface area contributed by atoms with Crippen LogP contribution >= 0.6 is 0 Å². The van der Waals surface area contributed by atoms with Crippen LogP contribution in [0, 0.1) is 0 Å². The Morgan fingerprint density at radius 1 is 1.12 bits per heavy atom. The highest BCUT2D eigenvalue weighted by Crippen LogP contribution is 2.32. The summed E-state index contributed by atoms with van der Waals surface area (Å²) in [7, 11) is 0. The van der Waals surface area contributed by atoms with Gasteiger partial charge in [-0.25, -0.2) is 4.79 Å². The van der Waals surface area contributed by atoms with E-state index in [1.807, 2.05) is 51.1 Å². The molecule has 0 radical (unpaired) electrons. The zero-order chi connectivity index (χ0) is 17.3. The van der Waals surface area contributed by atoms with Gasteiger partial charge in [-0.05, 0) is 43.2 Å². The van der Waals surface area contributed by atoms with Crippen molar-refractivity contribution in [3.05, 3.63) is 48.0 Å². The van der Waals surface area contributed by atoms with E-state index in [9.17, 15) is 9.59 Å². The van der Waals surface area contributed by atoms with Gasteiger partial charge in [0.05, 0.1) is 6.04 Å². The van der Waals surface area contributed by atoms with Crippen LogP contribution in [0.4, 0.5) is 4.79 Å². The molecule has 3 rings (SSSR count). The van der Waals surface area contributed by atoms with Crippen molar-refractivity contribution in [2.24, 2.45) is 0 Å². The molecule has 0 aromatic heterocycles. The Morgan fingerprint density at radius 2 is 1.83 bits per heavy atom. The Hall–Kier alpha value is -2.36. The third-order valence-electron chi connectivity index (χ3n) is 4.22. The molecule has 0 saturated carbocycles. The molecular weight excluding hydrogens is 302 g/mol. The number of piperidine rings is 1. The van der Waals surface area contributed by atoms with Gasteiger partial charge in [0, 0.05) is 19.4 Å². The van der Waals surface area contributed by atoms with Crippen LogP contribution in [0.3, 0.4) is 0 Å². The zero-order valence-corrected chi connectivity index (χ0v) is 14.4. The Balaban J connectivity index is 1.93. The summed E-state index contributed by atoms with van der Waals surface area (Å²) in [6, 6.07) is 13.9. The van der Waals surface area contributed by atoms with Crippen LogP contribution in [0.2, 0.25) is 0 Å². The van der Waals surface area contributed by atoms with E-state index in [1.165, 1.54) is 0 Å². The fourth-order valence-corrected chi connectivity index (χ4v) is 3.08. The van der Waals surface area contributed by atoms with Crippen molar-refractivity contribution in [2.45, 2.75) is 45.3 Å². The first-order valence-electron chi connectivity index (χ1n) is 8.33. The molecular formula is C20H23NO3. The van der Waals surface area contributed by atoms with E-state index < -0.39 is 5.60 Å². The average Bonchev–Trinajstić information content (AvgIpc) is 2.52. The molecule has 0 spiro atoms. The molecule has 4 nitrogen and oxygen atoms in total. The van der Waals surface area contributed by atoms with Crippen LogP contribution < -0.4 is 0 Å². The average molecular weight is 325 g/mol. The van der Waals surface area contributed by atoms with E-state index in [1.54, 1.807) is 4.90 Å². The Bertz CT molecular complexity index is 776. The summed E-state index contributed by atoms with van der Waals surface area (Å²) in [4.78, 5) is 26.2. The summed E-state index contributed by atoms with van der Waals surface area (Å²) < 4.78 is 5.53. The van der Waals surface area contributed by atoms with Gasteiger partial charge in [0.1, 0.15) is 11.4 Å². The summed E-state index contributed by atoms with van der Waals surface area (Å²) in [5.74, 6) is 0.188. The van der Waals surface area contributed by atoms with E-state index in [0.29, 0.717) is 19.4 Å². The molecule has 0 aliphatic carbocycles. The lowest BCUT2D eigenvalue weighted by Gasteiger charge is -2.36. The summed E-state index contributed by atoms with van der Waals surface area (Å²) in [6.07, 6.45) is 0.383. The highest BCUT2D eigenvalue weighted by Gasteiger charge is 2.34. The molecule has 1 heterocycles. The van der Waals surface area contributed by atoms with Gasteiger partial charge in [-0.2, -0.15) is 0 Å². The van der Waals surface area contributed by atoms with Crippen LogP contribution in [-0.2, 0) is 9.53 Å². The molecule has 1 saturated heterocycles. The minimum absolute atomic E-state index is 0.188. The first kappa shape index (κ1) is 16.5. The number of nitrogens with zero attached hydrogens (tertiary/aromatic N) is 1. The molecule has 2 aromatic rings. The fraction of sp³-hybridized carbons (Fsp3) is 0.400. The van der Waals surface area contributed by atoms with Gasteiger partial charge in [0.25, 0.3) is 0 Å². The maximum Gasteiger partial charge on any atom is 0.410 e. The van der Waals surface area contributed by atoms with E-state index in [4.69, 9.17) is 4.74 Å². The van der Waals surface area contributed by atoms with Crippen molar-refractivity contribution < 1.29 is 14.3 Å². The fourth-order valence-electron chi connectivity index (χ4n) is 3.08. The minimum Gasteiger partial charge on any atom is -0.444 e. The summed E-state index contributed by atoms with van der Waals surface area (Å²) in [6.45, 7) is 5.96. The van der Waals surface area contributed by atoms with Gasteiger partial charge in [-0.3, -0.25) is 4.79 Å². The number of rotatable bonds is 1. The molecule has 24 heavy (non-hydrogen) atoms. The van der Waals surface area contributed by atoms with Gasteiger partial charge < -0.3 is 9.64 Å². The predicted molar refractivity (Wildman–Crippen MR) is 93.9 cm³/mol. The van der Waals surface area contributed by atoms with E-state index >= 15 is 0 Å². The van der Waals surface area contributed by atoms with E-state index in [-0.39, 0.29) is 17.9 Å². The van der Waals surface area contributed by atoms with Crippen molar-refractivity contribution in [2.75, 3.05) is 6.54 Å². The molecule has 0 bridgehead atoms. The highest BCUT2D eigenvalue weighted by atomic mass is 16.6. The van der Waals surface area contributed by atoms with Crippen LogP contribution in [0.5, 0.6) is 0 Å². The molecule has 1 fully saturated rings. The number of ether oxygens (including phenoxy) is 1. The first-order valence-corrected chi connectivity index (χ1v) is 8.33. The lowest BCUT2D eigenvalue weighted by atomic mass is 9.93. The number of carbonyl (C=O) groups is 2. The van der Waals surface area contributed by atoms with E-state index in [0.717, 1.165) is 16.3 Å². The van der Waals surface area contributed by atoms with Crippen molar-refractivity contribution >= 4 is 22.6 Å². The molecule has 1 aliphatic rings. The molecule has 1 atom stereocenters. The van der Waals surface area contributed by atoms with Gasteiger partial charge in [-0.1, -0.05) is 36.4 Å². The molecule has 0 N–H and O–H groups in total. The lowest BCUT2D eigenvalue weighted by molar-refractivity contribution is -0.123. The summed E-state index contributed by atoms with van der Waals surface area (Å²) in [5, 5.41) is 2.25. The Morgan fingerprint density at radius 3 is 2.54 bits per heavy atom. The number of hydrogen-bond donors (Lipinski definition) is 0. The minimum atomic E-state index is -0.549. The number of Topliss-reactive ketones (excluding diaryl/α,β-unsaturated/α-hetero) is 1. The topological polar surface area (TPSA) is 46.6 Å². The third kappa shape index (κ3) is 3.58. The molecule has 1 aliphatic heterocycles. The number of benzene rings is 2. The number of hydrogen-bond acceptors (Lipinski definition) is 3. The Labute approximate surface area is 142 Å². The number of amides is 1. The van der Waals surface area contributed by atoms with Crippen LogP contribution in [-0.4, -0.2) is 28.9 Å². The number of likely N-dealkylation sites (tertiary alicyclic amines) is 1. The summed E-state index contributed by atoms with van der Waals surface area (Å²) in [5.41, 5.74) is 0.430. The second-order valence-electron chi connectivity index (χ2n) is 7.29. The molecule has 1 unspecified atom stereocenters. The standard InChI is InChI=1S/C20H23NO3/c1-20(2,3)24-19(23)21-11-10-17(22)13-18(21)16-9-8-14-6-4-5-7-15(14)12-16/h4-9,12,18H,10-11,13H2,1-3H3. The number of carbonyl (C=O) groups excluding carboxylic acids is 2. The Kier molecular flexibility index (Phi) is 4.31. The molecule has 1 amide bonds. The smallest absolute Gasteiger partial charge is 0.410 e. The van der Waals surface area contributed by atoms with Crippen molar-refractivity contribution in [3.63, 3.8) is 0 Å². The third-order valence-corrected chi connectivity index (χ3v) is 4.22. The second-order valence-corrected chi connectivity index (χ2v) is 7.29. The maximum absolute atomic E-state index is 12.6. The first-order chi connectivity index (χ1) is 11.3. The van der Waals surface area contributed by atoms with Gasteiger partial charge in [0.15, 0.2) is 0 Å². The summed E-state index contributed by atoms with van der Waals surface area (Å²) >= 11 is 0. The maximum atomic E-state index is 12.6. The van der Waals surface area contributed by atoms with E-state index in [2.05, 4.69) is 12.1 Å². The second kappa shape index (κ2) is 6.27. The lowest BCUT2D eigenvalue weighted by Crippen LogP contribution is -2.43. The molecule has 4 heteroatoms. The predicted octanol–water partition coefficient (Wildman–Crippen LogP) is 4.48. The van der Waals surface area contributed by atoms with Crippen molar-refractivity contribution in [1.29, 1.82) is 0 Å². The molecule has 126 valence electrons. The van der Waals surface area contributed by atoms with Crippen molar-refractivity contribution in [1.82, 2.24) is 4.90 Å². The van der Waals surface area contributed by atoms with Gasteiger partial charge >= 0.3 is 6.09 Å². The SMILES string of the molecule is CC(C)(C)OC(=O)N1CCC(=O)CC1c1ccc2ccccc2c1. The largest absolute Gasteiger partial charge is 0.444 e. The number of fused-ring (bicyclic) bond motifs is 1. The highest BCUT2D eigenvalue weighted by molar-refractivity contribution is 5.85. The van der Waals surface area contributed by atoms with Crippen LogP contribution in [0.25, 0.3) is 10.8 Å². The van der Waals surface area contributed by atoms with Crippen LogP contribution in [0.1, 0.15) is 45.2 Å². The van der Waals surface area contributed by atoms with Gasteiger partial charge in [0.2, 0.25) is 0 Å². The zero-order valence-electron chi connectivity index (χ0n) is 14.4. The van der Waals surface area contributed by atoms with Crippen molar-refractivity contribution in [3.8, 4) is 0 Å². The molecule has 2 aromatic carbocycles.